The van der Waals surface area contributed by atoms with Crippen molar-refractivity contribution >= 4 is 28.5 Å². The Balaban J connectivity index is 1.63. The van der Waals surface area contributed by atoms with Crippen LogP contribution in [-0.2, 0) is 18.3 Å². The van der Waals surface area contributed by atoms with Gasteiger partial charge in [-0.15, -0.1) is 0 Å². The van der Waals surface area contributed by atoms with Crippen molar-refractivity contribution in [2.24, 2.45) is 7.05 Å². The van der Waals surface area contributed by atoms with E-state index in [2.05, 4.69) is 4.98 Å². The molecule has 4 aromatic rings. The average Bonchev–Trinajstić information content (AvgIpc) is 3.15. The second kappa shape index (κ2) is 8.62. The second-order valence-corrected chi connectivity index (χ2v) is 7.65. The van der Waals surface area contributed by atoms with E-state index in [4.69, 9.17) is 10.5 Å². The van der Waals surface area contributed by atoms with E-state index in [9.17, 15) is 19.2 Å². The predicted octanol–water partition coefficient (Wildman–Crippen LogP) is 2.01. The molecular formula is C24H22N4O5. The molecule has 9 nitrogen and oxygen atoms in total. The zero-order chi connectivity index (χ0) is 23.7. The molecule has 168 valence electrons. The summed E-state index contributed by atoms with van der Waals surface area (Å²) in [6.07, 6.45) is 0. The minimum atomic E-state index is -0.842. The fraction of sp³-hybridized carbons (Fsp3) is 0.167. The number of H-pyrrole nitrogens is 1. The van der Waals surface area contributed by atoms with Crippen LogP contribution in [0.2, 0.25) is 0 Å². The summed E-state index contributed by atoms with van der Waals surface area (Å²) in [6.45, 7) is 1.11. The highest BCUT2D eigenvalue weighted by Crippen LogP contribution is 2.22. The number of nitrogens with zero attached hydrogens (tertiary/aromatic N) is 2. The number of anilines is 1. The fourth-order valence-corrected chi connectivity index (χ4v) is 3.78. The molecule has 0 unspecified atom stereocenters. The molecule has 0 amide bonds. The number of benzene rings is 2. The molecule has 33 heavy (non-hydrogen) atoms. The summed E-state index contributed by atoms with van der Waals surface area (Å²) in [7, 11) is 1.27. The van der Waals surface area contributed by atoms with Crippen molar-refractivity contribution in [3.05, 3.63) is 97.8 Å². The van der Waals surface area contributed by atoms with Crippen LogP contribution in [0.5, 0.6) is 0 Å². The number of aromatic amines is 1. The molecule has 0 fully saturated rings. The third-order valence-electron chi connectivity index (χ3n) is 5.48. The number of nitrogens with one attached hydrogen (secondary N) is 1. The number of aryl methyl sites for hydroxylation is 1. The Morgan fingerprint density at radius 1 is 1.00 bits per heavy atom. The molecular weight excluding hydrogens is 424 g/mol. The van der Waals surface area contributed by atoms with Crippen molar-refractivity contribution in [3.63, 3.8) is 0 Å². The van der Waals surface area contributed by atoms with Gasteiger partial charge in [-0.25, -0.2) is 9.59 Å². The molecule has 3 N–H and O–H groups in total. The summed E-state index contributed by atoms with van der Waals surface area (Å²) in [5, 5.41) is 0.666. The number of fused-ring (bicyclic) bond motifs is 1. The first kappa shape index (κ1) is 21.8. The predicted molar refractivity (Wildman–Crippen MR) is 124 cm³/mol. The molecule has 4 rings (SSSR count). The van der Waals surface area contributed by atoms with Crippen LogP contribution >= 0.6 is 0 Å². The van der Waals surface area contributed by atoms with Crippen LogP contribution in [0, 0.1) is 6.92 Å². The molecule has 0 bridgehead atoms. The Morgan fingerprint density at radius 3 is 2.39 bits per heavy atom. The lowest BCUT2D eigenvalue weighted by molar-refractivity contribution is 0.0475. The number of Topliss-reactive ketones (excluding diaryl/α,β-unsaturated/α-hetero) is 1. The van der Waals surface area contributed by atoms with E-state index in [1.165, 1.54) is 7.05 Å². The van der Waals surface area contributed by atoms with Crippen molar-refractivity contribution < 1.29 is 14.3 Å². The summed E-state index contributed by atoms with van der Waals surface area (Å²) >= 11 is 0. The van der Waals surface area contributed by atoms with Gasteiger partial charge < -0.3 is 15.5 Å². The summed E-state index contributed by atoms with van der Waals surface area (Å²) in [5.41, 5.74) is 6.65. The van der Waals surface area contributed by atoms with Crippen LogP contribution in [0.1, 0.15) is 32.0 Å². The Hall–Kier alpha value is -4.40. The highest BCUT2D eigenvalue weighted by Gasteiger charge is 2.24. The molecule has 0 aliphatic heterocycles. The lowest BCUT2D eigenvalue weighted by atomic mass is 10.1. The van der Waals surface area contributed by atoms with Gasteiger partial charge in [0, 0.05) is 23.6 Å². The van der Waals surface area contributed by atoms with Crippen LogP contribution in [0.4, 0.5) is 5.82 Å². The molecule has 0 aliphatic carbocycles. The number of ether oxygens (including phenoxy) is 1. The van der Waals surface area contributed by atoms with Gasteiger partial charge in [0.25, 0.3) is 5.56 Å². The summed E-state index contributed by atoms with van der Waals surface area (Å²) < 4.78 is 7.20. The van der Waals surface area contributed by atoms with Crippen LogP contribution in [0.25, 0.3) is 10.9 Å². The number of rotatable bonds is 6. The van der Waals surface area contributed by atoms with E-state index in [0.29, 0.717) is 16.6 Å². The third kappa shape index (κ3) is 3.96. The van der Waals surface area contributed by atoms with Gasteiger partial charge in [-0.1, -0.05) is 48.5 Å². The first-order valence-electron chi connectivity index (χ1n) is 10.2. The van der Waals surface area contributed by atoms with Crippen molar-refractivity contribution in [3.8, 4) is 0 Å². The fourth-order valence-electron chi connectivity index (χ4n) is 3.78. The van der Waals surface area contributed by atoms with Crippen molar-refractivity contribution in [2.75, 3.05) is 12.3 Å². The van der Waals surface area contributed by atoms with Gasteiger partial charge in [0.1, 0.15) is 11.4 Å². The minimum Gasteiger partial charge on any atom is -0.454 e. The molecule has 2 aromatic heterocycles. The normalized spacial score (nSPS) is 11.0. The van der Waals surface area contributed by atoms with Gasteiger partial charge in [-0.3, -0.25) is 18.7 Å². The van der Waals surface area contributed by atoms with Crippen LogP contribution < -0.4 is 17.0 Å². The number of esters is 1. The first-order valence-corrected chi connectivity index (χ1v) is 10.2. The SMILES string of the molecule is Cc1[nH]c2ccccc2c1C(=O)OCC(=O)c1c(N)n(Cc2ccccc2)c(=O)n(C)c1=O. The quantitative estimate of drug-likeness (QED) is 0.344. The smallest absolute Gasteiger partial charge is 0.341 e. The Bertz CT molecular complexity index is 1500. The second-order valence-electron chi connectivity index (χ2n) is 7.65. The number of carbonyl (C=O) groups excluding carboxylic acids is 2. The van der Waals surface area contributed by atoms with Crippen LogP contribution in [0.3, 0.4) is 0 Å². The highest BCUT2D eigenvalue weighted by molar-refractivity contribution is 6.07. The molecule has 0 atom stereocenters. The number of para-hydroxylation sites is 1. The number of hydrogen-bond acceptors (Lipinski definition) is 6. The zero-order valence-electron chi connectivity index (χ0n) is 18.1. The zero-order valence-corrected chi connectivity index (χ0v) is 18.1. The average molecular weight is 446 g/mol. The van der Waals surface area contributed by atoms with Crippen LogP contribution in [-0.4, -0.2) is 32.5 Å². The van der Waals surface area contributed by atoms with Crippen molar-refractivity contribution in [1.29, 1.82) is 0 Å². The van der Waals surface area contributed by atoms with E-state index in [0.717, 1.165) is 20.2 Å². The number of nitrogen functional groups attached to an aromatic ring is 1. The molecule has 9 heteroatoms. The number of carbonyl (C=O) groups is 2. The molecule has 0 radical (unpaired) electrons. The number of nitrogens with two attached hydrogens (primary N) is 1. The van der Waals surface area contributed by atoms with Gasteiger partial charge in [0.15, 0.2) is 6.61 Å². The highest BCUT2D eigenvalue weighted by atomic mass is 16.5. The number of hydrogen-bond donors (Lipinski definition) is 2. The topological polar surface area (TPSA) is 129 Å². The van der Waals surface area contributed by atoms with Gasteiger partial charge >= 0.3 is 11.7 Å². The summed E-state index contributed by atoms with van der Waals surface area (Å²) in [6, 6.07) is 16.2. The Kier molecular flexibility index (Phi) is 5.70. The van der Waals surface area contributed by atoms with Gasteiger partial charge in [0.05, 0.1) is 12.1 Å². The summed E-state index contributed by atoms with van der Waals surface area (Å²) in [5.74, 6) is -1.76. The minimum absolute atomic E-state index is 0.0776. The monoisotopic (exact) mass is 446 g/mol. The van der Waals surface area contributed by atoms with E-state index in [1.54, 1.807) is 43.3 Å². The Labute approximate surface area is 188 Å². The van der Waals surface area contributed by atoms with Crippen molar-refractivity contribution in [1.82, 2.24) is 14.1 Å². The molecule has 0 spiro atoms. The lowest BCUT2D eigenvalue weighted by Crippen LogP contribution is -2.43. The van der Waals surface area contributed by atoms with E-state index in [-0.39, 0.29) is 12.4 Å². The molecule has 2 aromatic carbocycles. The maximum absolute atomic E-state index is 12.9. The van der Waals surface area contributed by atoms with E-state index < -0.39 is 35.2 Å². The van der Waals surface area contributed by atoms with E-state index in [1.807, 2.05) is 18.2 Å². The largest absolute Gasteiger partial charge is 0.454 e. The number of ketones is 1. The third-order valence-corrected chi connectivity index (χ3v) is 5.48. The van der Waals surface area contributed by atoms with Gasteiger partial charge in [-0.05, 0) is 18.6 Å². The van der Waals surface area contributed by atoms with Crippen LogP contribution in [0.15, 0.2) is 64.2 Å². The molecule has 0 aliphatic rings. The maximum atomic E-state index is 12.9. The standard InChI is InChI=1S/C24H22N4O5/c1-14-19(16-10-6-7-11-17(16)26-14)23(31)33-13-18(29)20-21(25)28(24(32)27(2)22(20)30)12-15-8-4-3-5-9-15/h3-11,26H,12-13,25H2,1-2H3. The summed E-state index contributed by atoms with van der Waals surface area (Å²) in [4.78, 5) is 54.0. The number of aromatic nitrogens is 3. The first-order chi connectivity index (χ1) is 15.8. The molecule has 0 saturated carbocycles. The van der Waals surface area contributed by atoms with Crippen molar-refractivity contribution in [2.45, 2.75) is 13.5 Å². The lowest BCUT2D eigenvalue weighted by Gasteiger charge is -2.14. The molecule has 2 heterocycles. The van der Waals surface area contributed by atoms with E-state index >= 15 is 0 Å². The maximum Gasteiger partial charge on any atom is 0.341 e. The van der Waals surface area contributed by atoms with Gasteiger partial charge in [0.2, 0.25) is 5.78 Å². The van der Waals surface area contributed by atoms with Gasteiger partial charge in [-0.2, -0.15) is 0 Å². The molecule has 0 saturated heterocycles. The Morgan fingerprint density at radius 2 is 1.67 bits per heavy atom.